The fourth-order valence-electron chi connectivity index (χ4n) is 3.75. The summed E-state index contributed by atoms with van der Waals surface area (Å²) in [7, 11) is 2.82. The molecule has 0 aliphatic carbocycles. The zero-order valence-corrected chi connectivity index (χ0v) is 21.1. The van der Waals surface area contributed by atoms with E-state index in [2.05, 4.69) is 16.1 Å². The number of nitrogens with one attached hydrogen (secondary N) is 3. The number of rotatable bonds is 10. The lowest BCUT2D eigenvalue weighted by molar-refractivity contribution is -0.157. The van der Waals surface area contributed by atoms with Crippen molar-refractivity contribution in [2.75, 3.05) is 20.8 Å². The minimum atomic E-state index is -1.01. The largest absolute Gasteiger partial charge is 0.468 e. The van der Waals surface area contributed by atoms with Crippen molar-refractivity contribution in [3.05, 3.63) is 12.2 Å². The predicted molar refractivity (Wildman–Crippen MR) is 124 cm³/mol. The molecule has 0 radical (unpaired) electrons. The molecule has 0 aromatic heterocycles. The summed E-state index contributed by atoms with van der Waals surface area (Å²) in [6, 6.07) is -1.69. The fourth-order valence-corrected chi connectivity index (χ4v) is 3.75. The summed E-state index contributed by atoms with van der Waals surface area (Å²) in [5.41, 5.74) is 1.92. The maximum Gasteiger partial charge on any atom is 0.327 e. The highest BCUT2D eigenvalue weighted by molar-refractivity contribution is 5.92. The van der Waals surface area contributed by atoms with Crippen LogP contribution in [0.3, 0.4) is 0 Å². The van der Waals surface area contributed by atoms with Gasteiger partial charge in [0.25, 0.3) is 5.91 Å². The quantitative estimate of drug-likeness (QED) is 0.321. The van der Waals surface area contributed by atoms with Crippen molar-refractivity contribution in [1.82, 2.24) is 21.1 Å². The van der Waals surface area contributed by atoms with E-state index in [1.807, 2.05) is 20.8 Å². The molecular formula is C23H40N4O6. The highest BCUT2D eigenvalue weighted by Crippen LogP contribution is 2.20. The SMILES string of the molecule is CC=C[C@@H](OC)[C@@H](C)C(=O)N[C@H](C(=O)N[C@@H](C)C(=O)N1CCCC(C)(C(=O)OC)N1)C(C)C. The van der Waals surface area contributed by atoms with E-state index < -0.39 is 41.5 Å². The number of amides is 3. The molecule has 10 heteroatoms. The number of methoxy groups -OCH3 is 2. The molecule has 10 nitrogen and oxygen atoms in total. The van der Waals surface area contributed by atoms with Crippen LogP contribution in [0.4, 0.5) is 0 Å². The highest BCUT2D eigenvalue weighted by Gasteiger charge is 2.41. The number of ether oxygens (including phenoxy) is 2. The van der Waals surface area contributed by atoms with E-state index in [-0.39, 0.29) is 17.7 Å². The Bertz CT molecular complexity index is 740. The molecule has 5 atom stereocenters. The van der Waals surface area contributed by atoms with Crippen molar-refractivity contribution in [1.29, 1.82) is 0 Å². The van der Waals surface area contributed by atoms with E-state index in [0.717, 1.165) is 0 Å². The fraction of sp³-hybridized carbons (Fsp3) is 0.739. The normalized spacial score (nSPS) is 22.4. The predicted octanol–water partition coefficient (Wildman–Crippen LogP) is 0.918. The molecule has 1 saturated heterocycles. The molecule has 0 saturated carbocycles. The monoisotopic (exact) mass is 468 g/mol. The van der Waals surface area contributed by atoms with Gasteiger partial charge < -0.3 is 20.1 Å². The molecule has 1 fully saturated rings. The number of hydrogen-bond acceptors (Lipinski definition) is 7. The molecule has 0 aromatic rings. The van der Waals surface area contributed by atoms with Gasteiger partial charge in [-0.05, 0) is 39.5 Å². The Labute approximate surface area is 196 Å². The summed E-state index contributed by atoms with van der Waals surface area (Å²) in [5, 5.41) is 6.82. The smallest absolute Gasteiger partial charge is 0.327 e. The van der Waals surface area contributed by atoms with Gasteiger partial charge in [-0.3, -0.25) is 24.2 Å². The standard InChI is InChI=1S/C23H40N4O6/c1-9-11-17(32-7)15(4)19(28)25-18(14(2)3)20(29)24-16(5)21(30)27-13-10-12-23(6,26-27)22(31)33-8/h9,11,14-18,26H,10,12-13H2,1-8H3,(H,24,29)(H,25,28)/t15-,16+,17-,18+,23?/m1/s1. The second kappa shape index (κ2) is 12.7. The van der Waals surface area contributed by atoms with Crippen LogP contribution in [0, 0.1) is 11.8 Å². The average molecular weight is 469 g/mol. The second-order valence-electron chi connectivity index (χ2n) is 9.00. The van der Waals surface area contributed by atoms with Crippen LogP contribution < -0.4 is 16.1 Å². The van der Waals surface area contributed by atoms with E-state index in [0.29, 0.717) is 19.4 Å². The molecule has 3 amide bonds. The van der Waals surface area contributed by atoms with E-state index >= 15 is 0 Å². The first kappa shape index (κ1) is 28.6. The van der Waals surface area contributed by atoms with Crippen LogP contribution in [0.1, 0.15) is 54.4 Å². The van der Waals surface area contributed by atoms with Crippen LogP contribution in [0.5, 0.6) is 0 Å². The third-order valence-electron chi connectivity index (χ3n) is 5.88. The number of hydrogen-bond donors (Lipinski definition) is 3. The van der Waals surface area contributed by atoms with Crippen molar-refractivity contribution < 1.29 is 28.7 Å². The molecule has 0 bridgehead atoms. The van der Waals surface area contributed by atoms with E-state index in [9.17, 15) is 19.2 Å². The molecule has 1 aliphatic heterocycles. The van der Waals surface area contributed by atoms with Crippen molar-refractivity contribution in [2.24, 2.45) is 11.8 Å². The number of carbonyl (C=O) groups is 4. The van der Waals surface area contributed by atoms with E-state index in [4.69, 9.17) is 9.47 Å². The minimum Gasteiger partial charge on any atom is -0.468 e. The maximum absolute atomic E-state index is 13.0. The summed E-state index contributed by atoms with van der Waals surface area (Å²) in [5.74, 6) is -2.33. The molecule has 0 spiro atoms. The van der Waals surface area contributed by atoms with Gasteiger partial charge in [-0.1, -0.05) is 32.9 Å². The molecule has 1 unspecified atom stereocenters. The van der Waals surface area contributed by atoms with Crippen molar-refractivity contribution in [2.45, 2.75) is 78.1 Å². The van der Waals surface area contributed by atoms with Gasteiger partial charge in [0.2, 0.25) is 11.8 Å². The molecule has 3 N–H and O–H groups in total. The number of hydrazine groups is 1. The topological polar surface area (TPSA) is 126 Å². The maximum atomic E-state index is 13.0. The summed E-state index contributed by atoms with van der Waals surface area (Å²) in [6.07, 6.45) is 4.31. The van der Waals surface area contributed by atoms with Gasteiger partial charge in [-0.15, -0.1) is 0 Å². The van der Waals surface area contributed by atoms with Gasteiger partial charge >= 0.3 is 5.97 Å². The second-order valence-corrected chi connectivity index (χ2v) is 9.00. The lowest BCUT2D eigenvalue weighted by Gasteiger charge is -2.40. The van der Waals surface area contributed by atoms with Gasteiger partial charge in [0.15, 0.2) is 0 Å². The Balaban J connectivity index is 2.83. The molecular weight excluding hydrogens is 428 g/mol. The Kier molecular flexibility index (Phi) is 11.0. The Morgan fingerprint density at radius 3 is 2.21 bits per heavy atom. The van der Waals surface area contributed by atoms with Gasteiger partial charge in [-0.25, -0.2) is 5.43 Å². The number of nitrogens with zero attached hydrogens (tertiary/aromatic N) is 1. The average Bonchev–Trinajstić information content (AvgIpc) is 2.78. The molecule has 1 rings (SSSR count). The van der Waals surface area contributed by atoms with Crippen molar-refractivity contribution >= 4 is 23.7 Å². The van der Waals surface area contributed by atoms with E-state index in [1.165, 1.54) is 19.2 Å². The molecule has 1 aliphatic rings. The molecule has 188 valence electrons. The van der Waals surface area contributed by atoms with Gasteiger partial charge in [0, 0.05) is 13.7 Å². The Morgan fingerprint density at radius 1 is 1.06 bits per heavy atom. The van der Waals surface area contributed by atoms with Crippen molar-refractivity contribution in [3.63, 3.8) is 0 Å². The van der Waals surface area contributed by atoms with Gasteiger partial charge in [0.1, 0.15) is 17.6 Å². The lowest BCUT2D eigenvalue weighted by Crippen LogP contribution is -2.65. The highest BCUT2D eigenvalue weighted by atomic mass is 16.5. The van der Waals surface area contributed by atoms with Crippen LogP contribution in [-0.2, 0) is 28.7 Å². The van der Waals surface area contributed by atoms with Crippen LogP contribution in [0.15, 0.2) is 12.2 Å². The molecule has 0 aromatic carbocycles. The first-order valence-electron chi connectivity index (χ1n) is 11.4. The van der Waals surface area contributed by atoms with Crippen LogP contribution in [-0.4, -0.2) is 73.2 Å². The number of allylic oxidation sites excluding steroid dienone is 1. The first-order chi connectivity index (χ1) is 15.4. The minimum absolute atomic E-state index is 0.207. The third kappa shape index (κ3) is 7.53. The summed E-state index contributed by atoms with van der Waals surface area (Å²) in [6.45, 7) is 10.8. The van der Waals surface area contributed by atoms with Gasteiger partial charge in [0.05, 0.1) is 19.1 Å². The van der Waals surface area contributed by atoms with Crippen LogP contribution in [0.25, 0.3) is 0 Å². The van der Waals surface area contributed by atoms with Crippen molar-refractivity contribution in [3.8, 4) is 0 Å². The number of esters is 1. The van der Waals surface area contributed by atoms with Gasteiger partial charge in [-0.2, -0.15) is 0 Å². The number of carbonyl (C=O) groups excluding carboxylic acids is 4. The third-order valence-corrected chi connectivity index (χ3v) is 5.88. The summed E-state index contributed by atoms with van der Waals surface area (Å²) >= 11 is 0. The summed E-state index contributed by atoms with van der Waals surface area (Å²) < 4.78 is 10.2. The zero-order chi connectivity index (χ0) is 25.3. The lowest BCUT2D eigenvalue weighted by atomic mass is 9.94. The van der Waals surface area contributed by atoms with Crippen LogP contribution >= 0.6 is 0 Å². The molecule has 33 heavy (non-hydrogen) atoms. The van der Waals surface area contributed by atoms with E-state index in [1.54, 1.807) is 32.9 Å². The zero-order valence-electron chi connectivity index (χ0n) is 21.1. The Morgan fingerprint density at radius 2 is 1.70 bits per heavy atom. The summed E-state index contributed by atoms with van der Waals surface area (Å²) in [4.78, 5) is 50.7. The van der Waals surface area contributed by atoms with Crippen LogP contribution in [0.2, 0.25) is 0 Å². The first-order valence-corrected chi connectivity index (χ1v) is 11.4. The molecule has 1 heterocycles. The Hall–Kier alpha value is -2.46.